The van der Waals surface area contributed by atoms with Gasteiger partial charge in [-0.1, -0.05) is 54.6 Å². The molecule has 1 fully saturated rings. The van der Waals surface area contributed by atoms with E-state index in [-0.39, 0.29) is 30.5 Å². The fourth-order valence-corrected chi connectivity index (χ4v) is 5.03. The molecule has 1 aliphatic heterocycles. The number of sulfonamides is 1. The normalized spacial score (nSPS) is 14.5. The molecule has 0 atom stereocenters. The molecule has 34 heavy (non-hydrogen) atoms. The SMILES string of the molecule is O=C(Cc1ccc(-c2ccccc2)cc1)OCCOc1ccc(S(=O)(=O)N2CCOCC2)cc1. The van der Waals surface area contributed by atoms with Gasteiger partial charge in [-0.05, 0) is 41.0 Å². The van der Waals surface area contributed by atoms with E-state index >= 15 is 0 Å². The zero-order valence-electron chi connectivity index (χ0n) is 18.8. The summed E-state index contributed by atoms with van der Waals surface area (Å²) in [5, 5.41) is 0. The Morgan fingerprint density at radius 1 is 0.824 bits per heavy atom. The fourth-order valence-electron chi connectivity index (χ4n) is 3.62. The number of carbonyl (C=O) groups is 1. The van der Waals surface area contributed by atoms with Crippen LogP contribution in [0.2, 0.25) is 0 Å². The molecule has 178 valence electrons. The van der Waals surface area contributed by atoms with Crippen molar-refractivity contribution in [2.75, 3.05) is 39.5 Å². The number of carbonyl (C=O) groups excluding carboxylic acids is 1. The second-order valence-corrected chi connectivity index (χ2v) is 9.73. The number of hydrogen-bond donors (Lipinski definition) is 0. The van der Waals surface area contributed by atoms with Crippen LogP contribution < -0.4 is 4.74 Å². The number of hydrogen-bond acceptors (Lipinski definition) is 6. The summed E-state index contributed by atoms with van der Waals surface area (Å²) in [4.78, 5) is 12.3. The zero-order valence-corrected chi connectivity index (χ0v) is 19.6. The highest BCUT2D eigenvalue weighted by atomic mass is 32.2. The van der Waals surface area contributed by atoms with Gasteiger partial charge in [0.25, 0.3) is 0 Å². The van der Waals surface area contributed by atoms with Gasteiger partial charge in [-0.15, -0.1) is 0 Å². The largest absolute Gasteiger partial charge is 0.490 e. The van der Waals surface area contributed by atoms with Crippen molar-refractivity contribution in [3.63, 3.8) is 0 Å². The van der Waals surface area contributed by atoms with E-state index < -0.39 is 10.0 Å². The Morgan fingerprint density at radius 2 is 1.47 bits per heavy atom. The first-order valence-electron chi connectivity index (χ1n) is 11.1. The maximum absolute atomic E-state index is 12.6. The topological polar surface area (TPSA) is 82.1 Å². The van der Waals surface area contributed by atoms with E-state index in [0.717, 1.165) is 16.7 Å². The Morgan fingerprint density at radius 3 is 2.15 bits per heavy atom. The Kier molecular flexibility index (Phi) is 7.95. The molecule has 3 aromatic rings. The summed E-state index contributed by atoms with van der Waals surface area (Å²) < 4.78 is 42.8. The number of esters is 1. The second-order valence-electron chi connectivity index (χ2n) is 7.80. The van der Waals surface area contributed by atoms with E-state index in [1.165, 1.54) is 16.4 Å². The van der Waals surface area contributed by atoms with Gasteiger partial charge < -0.3 is 14.2 Å². The van der Waals surface area contributed by atoms with Crippen LogP contribution in [0.3, 0.4) is 0 Å². The molecule has 1 aliphatic rings. The number of benzene rings is 3. The van der Waals surface area contributed by atoms with Gasteiger partial charge in [0.1, 0.15) is 19.0 Å². The molecule has 0 amide bonds. The highest BCUT2D eigenvalue weighted by molar-refractivity contribution is 7.89. The molecule has 0 saturated carbocycles. The van der Waals surface area contributed by atoms with Gasteiger partial charge >= 0.3 is 5.97 Å². The molecule has 4 rings (SSSR count). The van der Waals surface area contributed by atoms with E-state index in [1.807, 2.05) is 54.6 Å². The van der Waals surface area contributed by atoms with Crippen LogP contribution in [-0.4, -0.2) is 58.2 Å². The molecule has 7 nitrogen and oxygen atoms in total. The zero-order chi connectivity index (χ0) is 23.8. The number of morpholine rings is 1. The third-order valence-electron chi connectivity index (χ3n) is 5.46. The van der Waals surface area contributed by atoms with Crippen LogP contribution in [0.4, 0.5) is 0 Å². The van der Waals surface area contributed by atoms with Crippen LogP contribution >= 0.6 is 0 Å². The van der Waals surface area contributed by atoms with Crippen LogP contribution in [0.15, 0.2) is 83.8 Å². The van der Waals surface area contributed by atoms with Crippen molar-refractivity contribution in [3.05, 3.63) is 84.4 Å². The molecule has 0 aliphatic carbocycles. The van der Waals surface area contributed by atoms with Crippen molar-refractivity contribution in [2.24, 2.45) is 0 Å². The van der Waals surface area contributed by atoms with Gasteiger partial charge in [-0.3, -0.25) is 4.79 Å². The van der Waals surface area contributed by atoms with Crippen molar-refractivity contribution in [1.29, 1.82) is 0 Å². The molecule has 1 saturated heterocycles. The highest BCUT2D eigenvalue weighted by Gasteiger charge is 2.26. The molecule has 1 heterocycles. The van der Waals surface area contributed by atoms with Crippen LogP contribution in [0.1, 0.15) is 5.56 Å². The number of ether oxygens (including phenoxy) is 3. The average molecular weight is 482 g/mol. The smallest absolute Gasteiger partial charge is 0.310 e. The lowest BCUT2D eigenvalue weighted by Gasteiger charge is -2.26. The lowest BCUT2D eigenvalue weighted by Crippen LogP contribution is -2.40. The van der Waals surface area contributed by atoms with Crippen LogP contribution in [0.25, 0.3) is 11.1 Å². The summed E-state index contributed by atoms with van der Waals surface area (Å²) in [6.45, 7) is 1.78. The van der Waals surface area contributed by atoms with E-state index in [4.69, 9.17) is 14.2 Å². The summed E-state index contributed by atoms with van der Waals surface area (Å²) >= 11 is 0. The van der Waals surface area contributed by atoms with E-state index in [9.17, 15) is 13.2 Å². The van der Waals surface area contributed by atoms with Crippen LogP contribution in [-0.2, 0) is 30.7 Å². The molecule has 0 N–H and O–H groups in total. The van der Waals surface area contributed by atoms with Crippen LogP contribution in [0, 0.1) is 0 Å². The first-order valence-corrected chi connectivity index (χ1v) is 12.6. The molecule has 0 radical (unpaired) electrons. The molecular formula is C26H27NO6S. The van der Waals surface area contributed by atoms with E-state index in [0.29, 0.717) is 32.1 Å². The van der Waals surface area contributed by atoms with Crippen molar-refractivity contribution < 1.29 is 27.4 Å². The van der Waals surface area contributed by atoms with Gasteiger partial charge in [0.05, 0.1) is 24.5 Å². The maximum atomic E-state index is 12.6. The van der Waals surface area contributed by atoms with Crippen LogP contribution in [0.5, 0.6) is 5.75 Å². The van der Waals surface area contributed by atoms with Gasteiger partial charge in [-0.2, -0.15) is 4.31 Å². The first-order chi connectivity index (χ1) is 16.5. The molecule has 0 spiro atoms. The third-order valence-corrected chi connectivity index (χ3v) is 7.37. The quantitative estimate of drug-likeness (QED) is 0.344. The van der Waals surface area contributed by atoms with E-state index in [1.54, 1.807) is 12.1 Å². The van der Waals surface area contributed by atoms with Crippen molar-refractivity contribution in [3.8, 4) is 16.9 Å². The summed E-state index contributed by atoms with van der Waals surface area (Å²) in [7, 11) is -3.54. The predicted molar refractivity (Wildman–Crippen MR) is 128 cm³/mol. The van der Waals surface area contributed by atoms with E-state index in [2.05, 4.69) is 0 Å². The third kappa shape index (κ3) is 6.22. The number of rotatable bonds is 9. The monoisotopic (exact) mass is 481 g/mol. The van der Waals surface area contributed by atoms with Gasteiger partial charge in [-0.25, -0.2) is 8.42 Å². The lowest BCUT2D eigenvalue weighted by molar-refractivity contribution is -0.143. The minimum Gasteiger partial charge on any atom is -0.490 e. The average Bonchev–Trinajstić information content (AvgIpc) is 2.88. The lowest BCUT2D eigenvalue weighted by atomic mass is 10.0. The first kappa shape index (κ1) is 23.9. The van der Waals surface area contributed by atoms with Gasteiger partial charge in [0, 0.05) is 13.1 Å². The molecular weight excluding hydrogens is 454 g/mol. The second kappa shape index (κ2) is 11.3. The summed E-state index contributed by atoms with van der Waals surface area (Å²) in [6, 6.07) is 24.1. The molecule has 0 unspecified atom stereocenters. The maximum Gasteiger partial charge on any atom is 0.310 e. The van der Waals surface area contributed by atoms with Crippen molar-refractivity contribution >= 4 is 16.0 Å². The molecule has 0 aromatic heterocycles. The Hall–Kier alpha value is -3.20. The summed E-state index contributed by atoms with van der Waals surface area (Å²) in [5.41, 5.74) is 3.10. The summed E-state index contributed by atoms with van der Waals surface area (Å²) in [6.07, 6.45) is 0.184. The summed E-state index contributed by atoms with van der Waals surface area (Å²) in [5.74, 6) is 0.177. The minimum atomic E-state index is -3.54. The Labute approximate surface area is 199 Å². The molecule has 8 heteroatoms. The Bertz CT molecular complexity index is 1170. The van der Waals surface area contributed by atoms with Gasteiger partial charge in [0.15, 0.2) is 0 Å². The van der Waals surface area contributed by atoms with Crippen molar-refractivity contribution in [2.45, 2.75) is 11.3 Å². The fraction of sp³-hybridized carbons (Fsp3) is 0.269. The van der Waals surface area contributed by atoms with Gasteiger partial charge in [0.2, 0.25) is 10.0 Å². The highest BCUT2D eigenvalue weighted by Crippen LogP contribution is 2.21. The van der Waals surface area contributed by atoms with Crippen molar-refractivity contribution in [1.82, 2.24) is 4.31 Å². The molecule has 0 bridgehead atoms. The minimum absolute atomic E-state index is 0.106. The standard InChI is InChI=1S/C26H27NO6S/c28-26(20-21-6-8-23(9-7-21)22-4-2-1-3-5-22)33-19-18-32-24-10-12-25(13-11-24)34(29,30)27-14-16-31-17-15-27/h1-13H,14-20H2. The number of nitrogens with zero attached hydrogens (tertiary/aromatic N) is 1. The molecule has 3 aromatic carbocycles. The predicted octanol–water partition coefficient (Wildman–Crippen LogP) is 3.54. The Balaban J connectivity index is 1.20.